The zero-order valence-corrected chi connectivity index (χ0v) is 19.2. The first-order valence-electron chi connectivity index (χ1n) is 11.2. The molecule has 1 N–H and O–H groups in total. The molecule has 1 amide bonds. The number of sulfonamides is 1. The SMILES string of the molecule is COc1ccc(/C=C/C(=O)NC2CCCc3ccccc32)cc1S(=O)(=O)N1CCCCC1. The molecule has 7 heteroatoms. The Bertz CT molecular complexity index is 1100. The van der Waals surface area contributed by atoms with Crippen LogP contribution in [0.1, 0.15) is 54.8 Å². The van der Waals surface area contributed by atoms with Crippen molar-refractivity contribution in [3.63, 3.8) is 0 Å². The van der Waals surface area contributed by atoms with Crippen molar-refractivity contribution < 1.29 is 17.9 Å². The summed E-state index contributed by atoms with van der Waals surface area (Å²) in [6.45, 7) is 1.05. The predicted octanol–water partition coefficient (Wildman–Crippen LogP) is 4.08. The number of hydrogen-bond donors (Lipinski definition) is 1. The molecule has 32 heavy (non-hydrogen) atoms. The average Bonchev–Trinajstić information content (AvgIpc) is 2.83. The number of aryl methyl sites for hydroxylation is 1. The minimum Gasteiger partial charge on any atom is -0.495 e. The van der Waals surface area contributed by atoms with Crippen LogP contribution in [-0.2, 0) is 21.2 Å². The summed E-state index contributed by atoms with van der Waals surface area (Å²) in [6.07, 6.45) is 8.90. The Hall–Kier alpha value is -2.64. The van der Waals surface area contributed by atoms with E-state index in [4.69, 9.17) is 4.74 Å². The molecule has 4 rings (SSSR count). The smallest absolute Gasteiger partial charge is 0.246 e. The molecule has 0 aromatic heterocycles. The molecule has 170 valence electrons. The highest BCUT2D eigenvalue weighted by molar-refractivity contribution is 7.89. The number of benzene rings is 2. The molecule has 2 aromatic carbocycles. The Balaban J connectivity index is 1.51. The number of methoxy groups -OCH3 is 1. The summed E-state index contributed by atoms with van der Waals surface area (Å²) in [7, 11) is -2.18. The number of amides is 1. The van der Waals surface area contributed by atoms with Crippen LogP contribution in [0.4, 0.5) is 0 Å². The Morgan fingerprint density at radius 2 is 1.88 bits per heavy atom. The highest BCUT2D eigenvalue weighted by Gasteiger charge is 2.29. The third-order valence-corrected chi connectivity index (χ3v) is 8.15. The summed E-state index contributed by atoms with van der Waals surface area (Å²) in [5, 5.41) is 3.09. The van der Waals surface area contributed by atoms with E-state index in [0.717, 1.165) is 38.5 Å². The van der Waals surface area contributed by atoms with Gasteiger partial charge in [0, 0.05) is 19.2 Å². The van der Waals surface area contributed by atoms with Crippen LogP contribution in [0, 0.1) is 0 Å². The summed E-state index contributed by atoms with van der Waals surface area (Å²) >= 11 is 0. The van der Waals surface area contributed by atoms with Crippen molar-refractivity contribution in [3.8, 4) is 5.75 Å². The molecule has 1 aliphatic heterocycles. The van der Waals surface area contributed by atoms with Crippen LogP contribution in [0.3, 0.4) is 0 Å². The minimum atomic E-state index is -3.65. The number of nitrogens with zero attached hydrogens (tertiary/aromatic N) is 1. The van der Waals surface area contributed by atoms with Crippen molar-refractivity contribution in [2.45, 2.75) is 49.5 Å². The van der Waals surface area contributed by atoms with E-state index >= 15 is 0 Å². The Labute approximate surface area is 190 Å². The van der Waals surface area contributed by atoms with E-state index in [1.165, 1.54) is 28.6 Å². The summed E-state index contributed by atoms with van der Waals surface area (Å²) in [5.41, 5.74) is 3.11. The topological polar surface area (TPSA) is 75.7 Å². The highest BCUT2D eigenvalue weighted by Crippen LogP contribution is 2.31. The van der Waals surface area contributed by atoms with Crippen LogP contribution >= 0.6 is 0 Å². The fourth-order valence-electron chi connectivity index (χ4n) is 4.54. The molecule has 1 heterocycles. The highest BCUT2D eigenvalue weighted by atomic mass is 32.2. The maximum atomic E-state index is 13.2. The fraction of sp³-hybridized carbons (Fsp3) is 0.400. The third-order valence-electron chi connectivity index (χ3n) is 6.23. The summed E-state index contributed by atoms with van der Waals surface area (Å²) < 4.78 is 33.2. The molecule has 1 atom stereocenters. The van der Waals surface area contributed by atoms with Gasteiger partial charge in [-0.15, -0.1) is 0 Å². The average molecular weight is 455 g/mol. The van der Waals surface area contributed by atoms with E-state index in [2.05, 4.69) is 17.4 Å². The van der Waals surface area contributed by atoms with E-state index in [9.17, 15) is 13.2 Å². The Morgan fingerprint density at radius 3 is 2.66 bits per heavy atom. The quantitative estimate of drug-likeness (QED) is 0.668. The Kier molecular flexibility index (Phi) is 6.96. The maximum absolute atomic E-state index is 13.2. The Morgan fingerprint density at radius 1 is 1.09 bits per heavy atom. The molecule has 6 nitrogen and oxygen atoms in total. The fourth-order valence-corrected chi connectivity index (χ4v) is 6.25. The summed E-state index contributed by atoms with van der Waals surface area (Å²) in [5.74, 6) is 0.124. The molecule has 1 fully saturated rings. The van der Waals surface area contributed by atoms with E-state index < -0.39 is 10.0 Å². The first-order valence-corrected chi connectivity index (χ1v) is 12.7. The van der Waals surface area contributed by atoms with Gasteiger partial charge < -0.3 is 10.1 Å². The van der Waals surface area contributed by atoms with Crippen LogP contribution in [0.15, 0.2) is 53.4 Å². The van der Waals surface area contributed by atoms with Gasteiger partial charge in [-0.05, 0) is 67.0 Å². The molecule has 1 aliphatic carbocycles. The molecule has 0 radical (unpaired) electrons. The van der Waals surface area contributed by atoms with Gasteiger partial charge in [0.05, 0.1) is 13.2 Å². The third kappa shape index (κ3) is 4.89. The lowest BCUT2D eigenvalue weighted by Gasteiger charge is -2.26. The van der Waals surface area contributed by atoms with E-state index in [1.807, 2.05) is 12.1 Å². The molecule has 0 saturated carbocycles. The summed E-state index contributed by atoms with van der Waals surface area (Å²) in [4.78, 5) is 12.7. The van der Waals surface area contributed by atoms with Gasteiger partial charge in [0.15, 0.2) is 0 Å². The van der Waals surface area contributed by atoms with Gasteiger partial charge in [-0.25, -0.2) is 8.42 Å². The largest absolute Gasteiger partial charge is 0.495 e. The number of rotatable bonds is 6. The van der Waals surface area contributed by atoms with Gasteiger partial charge in [-0.2, -0.15) is 4.31 Å². The second kappa shape index (κ2) is 9.88. The normalized spacial score (nSPS) is 19.5. The number of carbonyl (C=O) groups is 1. The molecule has 1 unspecified atom stereocenters. The van der Waals surface area contributed by atoms with Crippen molar-refractivity contribution in [1.82, 2.24) is 9.62 Å². The number of carbonyl (C=O) groups excluding carboxylic acids is 1. The van der Waals surface area contributed by atoms with Crippen molar-refractivity contribution in [2.24, 2.45) is 0 Å². The standard InChI is InChI=1S/C25H30N2O4S/c1-31-23-14-12-19(18-24(23)32(29,30)27-16-5-2-6-17-27)13-15-25(28)26-22-11-7-9-20-8-3-4-10-21(20)22/h3-4,8,10,12-15,18,22H,2,5-7,9,11,16-17H2,1H3,(H,26,28)/b15-13+. The number of fused-ring (bicyclic) bond motifs is 1. The van der Waals surface area contributed by atoms with Crippen molar-refractivity contribution in [3.05, 3.63) is 65.2 Å². The number of hydrogen-bond acceptors (Lipinski definition) is 4. The van der Waals surface area contributed by atoms with Crippen LogP contribution in [-0.4, -0.2) is 38.8 Å². The van der Waals surface area contributed by atoms with Gasteiger partial charge in [-0.3, -0.25) is 4.79 Å². The van der Waals surface area contributed by atoms with Crippen molar-refractivity contribution in [2.75, 3.05) is 20.2 Å². The number of piperidine rings is 1. The second-order valence-electron chi connectivity index (χ2n) is 8.36. The lowest BCUT2D eigenvalue weighted by Crippen LogP contribution is -2.35. The van der Waals surface area contributed by atoms with Gasteiger partial charge in [0.2, 0.25) is 15.9 Å². The zero-order valence-electron chi connectivity index (χ0n) is 18.4. The lowest BCUT2D eigenvalue weighted by molar-refractivity contribution is -0.117. The molecule has 2 aromatic rings. The van der Waals surface area contributed by atoms with E-state index in [0.29, 0.717) is 24.4 Å². The predicted molar refractivity (Wildman–Crippen MR) is 125 cm³/mol. The van der Waals surface area contributed by atoms with Gasteiger partial charge in [-0.1, -0.05) is 36.8 Å². The van der Waals surface area contributed by atoms with Gasteiger partial charge >= 0.3 is 0 Å². The molecular weight excluding hydrogens is 424 g/mol. The monoisotopic (exact) mass is 454 g/mol. The maximum Gasteiger partial charge on any atom is 0.246 e. The van der Waals surface area contributed by atoms with Gasteiger partial charge in [0.1, 0.15) is 10.6 Å². The van der Waals surface area contributed by atoms with Crippen LogP contribution in [0.5, 0.6) is 5.75 Å². The molecule has 2 aliphatic rings. The van der Waals surface area contributed by atoms with Crippen molar-refractivity contribution in [1.29, 1.82) is 0 Å². The van der Waals surface area contributed by atoms with Crippen LogP contribution < -0.4 is 10.1 Å². The van der Waals surface area contributed by atoms with Crippen molar-refractivity contribution >= 4 is 22.0 Å². The molecular formula is C25H30N2O4S. The molecule has 1 saturated heterocycles. The van der Waals surface area contributed by atoms with Crippen LogP contribution in [0.25, 0.3) is 6.08 Å². The first-order chi connectivity index (χ1) is 15.5. The minimum absolute atomic E-state index is 0.00278. The molecule has 0 bridgehead atoms. The second-order valence-corrected chi connectivity index (χ2v) is 10.3. The van der Waals surface area contributed by atoms with Gasteiger partial charge in [0.25, 0.3) is 0 Å². The van der Waals surface area contributed by atoms with E-state index in [1.54, 1.807) is 24.3 Å². The molecule has 0 spiro atoms. The first kappa shape index (κ1) is 22.6. The zero-order chi connectivity index (χ0) is 22.6. The van der Waals surface area contributed by atoms with Crippen LogP contribution in [0.2, 0.25) is 0 Å². The summed E-state index contributed by atoms with van der Waals surface area (Å²) in [6, 6.07) is 13.2. The lowest BCUT2D eigenvalue weighted by atomic mass is 9.88. The van der Waals surface area contributed by atoms with E-state index in [-0.39, 0.29) is 16.8 Å². The number of nitrogens with one attached hydrogen (secondary N) is 1. The number of ether oxygens (including phenoxy) is 1.